The smallest absolute Gasteiger partial charge is 0.260 e. The van der Waals surface area contributed by atoms with E-state index in [0.29, 0.717) is 11.8 Å². The third-order valence-corrected chi connectivity index (χ3v) is 8.97. The van der Waals surface area contributed by atoms with Gasteiger partial charge in [-0.05, 0) is 50.1 Å². The second-order valence-corrected chi connectivity index (χ2v) is 10.9. The lowest BCUT2D eigenvalue weighted by atomic mass is 10.00. The van der Waals surface area contributed by atoms with Gasteiger partial charge in [-0.3, -0.25) is 10.2 Å². The Morgan fingerprint density at radius 2 is 2.21 bits per heavy atom. The number of amides is 1. The standard InChI is InChI=1S/C24H28N4O2S3/c1-3-16-8-4-5-10-28(16)21(29)13-30-17-9-6-7-15(11-17)19-14-32-23(27-19)18-12-20(22(25)26)33-24(18)31-2/h6-7,9,11-12,14,16H,3-5,8,10,13H2,1-2H3,(H3,25,26). The fourth-order valence-electron chi connectivity index (χ4n) is 4.06. The third kappa shape index (κ3) is 5.42. The molecule has 9 heteroatoms. The zero-order valence-electron chi connectivity index (χ0n) is 18.8. The summed E-state index contributed by atoms with van der Waals surface area (Å²) in [5, 5.41) is 10.6. The fourth-order valence-corrected chi connectivity index (χ4v) is 6.77. The van der Waals surface area contributed by atoms with Crippen LogP contribution < -0.4 is 10.5 Å². The zero-order valence-corrected chi connectivity index (χ0v) is 21.2. The van der Waals surface area contributed by atoms with Crippen LogP contribution in [-0.4, -0.2) is 47.1 Å². The average Bonchev–Trinajstić information content (AvgIpc) is 3.50. The van der Waals surface area contributed by atoms with E-state index in [4.69, 9.17) is 20.9 Å². The highest BCUT2D eigenvalue weighted by Gasteiger charge is 2.25. The van der Waals surface area contributed by atoms with Crippen LogP contribution >= 0.6 is 34.4 Å². The maximum Gasteiger partial charge on any atom is 0.260 e. The Morgan fingerprint density at radius 3 is 2.97 bits per heavy atom. The molecule has 1 saturated heterocycles. The van der Waals surface area contributed by atoms with Crippen LogP contribution in [0, 0.1) is 5.41 Å². The van der Waals surface area contributed by atoms with Crippen molar-refractivity contribution in [2.45, 2.75) is 42.9 Å². The van der Waals surface area contributed by atoms with Crippen LogP contribution in [0.3, 0.4) is 0 Å². The van der Waals surface area contributed by atoms with Gasteiger partial charge in [-0.1, -0.05) is 19.1 Å². The van der Waals surface area contributed by atoms with Crippen LogP contribution in [0.5, 0.6) is 5.75 Å². The molecule has 0 spiro atoms. The Hall–Kier alpha value is -2.36. The molecule has 33 heavy (non-hydrogen) atoms. The number of aromatic nitrogens is 1. The number of nitrogen functional groups attached to an aromatic ring is 1. The van der Waals surface area contributed by atoms with Gasteiger partial charge < -0.3 is 15.4 Å². The minimum atomic E-state index is 0.0576. The number of thiophene rings is 1. The van der Waals surface area contributed by atoms with Crippen molar-refractivity contribution in [1.29, 1.82) is 5.41 Å². The molecule has 0 saturated carbocycles. The predicted octanol–water partition coefficient (Wildman–Crippen LogP) is 5.71. The molecule has 1 unspecified atom stereocenters. The minimum absolute atomic E-state index is 0.0576. The average molecular weight is 501 g/mol. The van der Waals surface area contributed by atoms with Gasteiger partial charge in [-0.2, -0.15) is 0 Å². The first-order valence-electron chi connectivity index (χ1n) is 11.0. The Bertz CT molecular complexity index is 1140. The maximum absolute atomic E-state index is 12.7. The van der Waals surface area contributed by atoms with Crippen molar-refractivity contribution in [3.63, 3.8) is 0 Å². The van der Waals surface area contributed by atoms with E-state index in [1.807, 2.05) is 46.9 Å². The van der Waals surface area contributed by atoms with E-state index >= 15 is 0 Å². The highest BCUT2D eigenvalue weighted by atomic mass is 32.2. The second kappa shape index (κ2) is 10.7. The molecular formula is C24H28N4O2S3. The number of thioether (sulfide) groups is 1. The summed E-state index contributed by atoms with van der Waals surface area (Å²) in [6.07, 6.45) is 6.35. The summed E-state index contributed by atoms with van der Waals surface area (Å²) in [6, 6.07) is 10.0. The maximum atomic E-state index is 12.7. The molecule has 1 aliphatic rings. The van der Waals surface area contributed by atoms with Crippen molar-refractivity contribution in [3.8, 4) is 27.6 Å². The third-order valence-electron chi connectivity index (χ3n) is 5.79. The van der Waals surface area contributed by atoms with Gasteiger partial charge in [-0.25, -0.2) is 4.98 Å². The lowest BCUT2D eigenvalue weighted by Gasteiger charge is -2.35. The van der Waals surface area contributed by atoms with E-state index in [9.17, 15) is 4.79 Å². The first-order chi connectivity index (χ1) is 16.0. The van der Waals surface area contributed by atoms with Crippen molar-refractivity contribution in [1.82, 2.24) is 9.88 Å². The molecule has 1 aromatic carbocycles. The fraction of sp³-hybridized carbons (Fsp3) is 0.375. The Morgan fingerprint density at radius 1 is 1.36 bits per heavy atom. The molecule has 0 bridgehead atoms. The van der Waals surface area contributed by atoms with Crippen molar-refractivity contribution in [2.75, 3.05) is 19.4 Å². The van der Waals surface area contributed by atoms with Gasteiger partial charge in [0.15, 0.2) is 6.61 Å². The lowest BCUT2D eigenvalue weighted by Crippen LogP contribution is -2.45. The first kappa shape index (κ1) is 23.8. The Balaban J connectivity index is 1.47. The second-order valence-electron chi connectivity index (χ2n) is 7.93. The Kier molecular flexibility index (Phi) is 7.72. The molecule has 1 aliphatic heterocycles. The quantitative estimate of drug-likeness (QED) is 0.235. The Labute approximate surface area is 206 Å². The molecule has 1 amide bonds. The van der Waals surface area contributed by atoms with Crippen molar-refractivity contribution < 1.29 is 9.53 Å². The van der Waals surface area contributed by atoms with Crippen LogP contribution in [0.15, 0.2) is 39.9 Å². The minimum Gasteiger partial charge on any atom is -0.484 e. The molecule has 3 N–H and O–H groups in total. The zero-order chi connectivity index (χ0) is 23.4. The van der Waals surface area contributed by atoms with Crippen LogP contribution in [-0.2, 0) is 4.79 Å². The SMILES string of the molecule is CCC1CCCCN1C(=O)COc1cccc(-c2csc(-c3cc(C(=N)N)sc3SC)n2)c1. The summed E-state index contributed by atoms with van der Waals surface area (Å²) in [6.45, 7) is 3.03. The van der Waals surface area contributed by atoms with Crippen LogP contribution in [0.2, 0.25) is 0 Å². The van der Waals surface area contributed by atoms with Crippen LogP contribution in [0.25, 0.3) is 21.8 Å². The monoisotopic (exact) mass is 500 g/mol. The molecule has 1 fully saturated rings. The molecule has 6 nitrogen and oxygen atoms in total. The number of hydrogen-bond acceptors (Lipinski definition) is 7. The number of nitrogens with two attached hydrogens (primary N) is 1. The number of ether oxygens (including phenoxy) is 1. The molecule has 4 rings (SSSR count). The summed E-state index contributed by atoms with van der Waals surface area (Å²) in [5.74, 6) is 0.804. The molecular weight excluding hydrogens is 472 g/mol. The number of likely N-dealkylation sites (tertiary alicyclic amines) is 1. The largest absolute Gasteiger partial charge is 0.484 e. The van der Waals surface area contributed by atoms with Crippen molar-refractivity contribution in [3.05, 3.63) is 40.6 Å². The van der Waals surface area contributed by atoms with E-state index in [1.54, 1.807) is 23.1 Å². The number of nitrogens with one attached hydrogen (secondary N) is 1. The van der Waals surface area contributed by atoms with Crippen LogP contribution in [0.4, 0.5) is 0 Å². The topological polar surface area (TPSA) is 92.3 Å². The highest BCUT2D eigenvalue weighted by Crippen LogP contribution is 2.40. The first-order valence-corrected chi connectivity index (χ1v) is 13.9. The van der Waals surface area contributed by atoms with Gasteiger partial charge in [-0.15, -0.1) is 34.4 Å². The van der Waals surface area contributed by atoms with Gasteiger partial charge >= 0.3 is 0 Å². The van der Waals surface area contributed by atoms with Gasteiger partial charge in [0.05, 0.1) is 14.8 Å². The summed E-state index contributed by atoms with van der Waals surface area (Å²) in [5.41, 5.74) is 8.50. The van der Waals surface area contributed by atoms with E-state index in [0.717, 1.165) is 56.7 Å². The number of hydrogen-bond donors (Lipinski definition) is 2. The highest BCUT2D eigenvalue weighted by molar-refractivity contribution is 8.00. The number of thiazole rings is 1. The molecule has 174 valence electrons. The lowest BCUT2D eigenvalue weighted by molar-refractivity contribution is -0.137. The molecule has 1 atom stereocenters. The summed E-state index contributed by atoms with van der Waals surface area (Å²) in [4.78, 5) is 20.3. The van der Waals surface area contributed by atoms with E-state index < -0.39 is 0 Å². The number of rotatable bonds is 8. The number of carbonyl (C=O) groups is 1. The van der Waals surface area contributed by atoms with Gasteiger partial charge in [0, 0.05) is 29.1 Å². The van der Waals surface area contributed by atoms with E-state index in [1.165, 1.54) is 17.8 Å². The number of amidine groups is 1. The number of benzene rings is 1. The predicted molar refractivity (Wildman–Crippen MR) is 139 cm³/mol. The number of piperidine rings is 1. The summed E-state index contributed by atoms with van der Waals surface area (Å²) in [7, 11) is 0. The number of nitrogens with zero attached hydrogens (tertiary/aromatic N) is 2. The molecule has 0 aliphatic carbocycles. The normalized spacial score (nSPS) is 16.1. The van der Waals surface area contributed by atoms with Crippen molar-refractivity contribution in [2.24, 2.45) is 5.73 Å². The van der Waals surface area contributed by atoms with Gasteiger partial charge in [0.2, 0.25) is 0 Å². The van der Waals surface area contributed by atoms with Crippen molar-refractivity contribution >= 4 is 46.2 Å². The molecule has 3 aromatic rings. The molecule has 0 radical (unpaired) electrons. The number of carbonyl (C=O) groups excluding carboxylic acids is 1. The summed E-state index contributed by atoms with van der Waals surface area (Å²) < 4.78 is 6.98. The van der Waals surface area contributed by atoms with Crippen LogP contribution in [0.1, 0.15) is 37.5 Å². The molecule has 2 aromatic heterocycles. The van der Waals surface area contributed by atoms with Gasteiger partial charge in [0.1, 0.15) is 16.6 Å². The van der Waals surface area contributed by atoms with Gasteiger partial charge in [0.25, 0.3) is 5.91 Å². The molecule has 3 heterocycles. The summed E-state index contributed by atoms with van der Waals surface area (Å²) >= 11 is 4.72. The van der Waals surface area contributed by atoms with E-state index in [2.05, 4.69) is 6.92 Å². The van der Waals surface area contributed by atoms with E-state index in [-0.39, 0.29) is 18.3 Å².